The van der Waals surface area contributed by atoms with Crippen LogP contribution >= 0.6 is 0 Å². The molecule has 7 heteroatoms. The van der Waals surface area contributed by atoms with Crippen LogP contribution in [0.4, 0.5) is 21.0 Å². The number of nitrogens with zero attached hydrogens (tertiary/aromatic N) is 2. The average molecular weight is 472 g/mol. The zero-order chi connectivity index (χ0) is 24.0. The zero-order valence-corrected chi connectivity index (χ0v) is 19.5. The number of nitrogens with one attached hydrogen (secondary N) is 1. The summed E-state index contributed by atoms with van der Waals surface area (Å²) in [4.78, 5) is 28.8. The fourth-order valence-electron chi connectivity index (χ4n) is 4.80. The second-order valence-electron chi connectivity index (χ2n) is 9.10. The van der Waals surface area contributed by atoms with Crippen LogP contribution in [0.3, 0.4) is 0 Å². The van der Waals surface area contributed by atoms with Crippen molar-refractivity contribution < 1.29 is 19.1 Å². The van der Waals surface area contributed by atoms with Crippen LogP contribution < -0.4 is 10.2 Å². The molecule has 0 saturated carbocycles. The van der Waals surface area contributed by atoms with E-state index >= 15 is 0 Å². The predicted molar refractivity (Wildman–Crippen MR) is 134 cm³/mol. The summed E-state index contributed by atoms with van der Waals surface area (Å²) < 4.78 is 10.8. The number of carbonyl (C=O) groups is 2. The molecular formula is C28H29N3O4. The molecule has 3 aromatic carbocycles. The van der Waals surface area contributed by atoms with Gasteiger partial charge in [0.15, 0.2) is 0 Å². The van der Waals surface area contributed by atoms with Crippen molar-refractivity contribution in [1.29, 1.82) is 0 Å². The molecule has 0 spiro atoms. The smallest absolute Gasteiger partial charge is 0.411 e. The van der Waals surface area contributed by atoms with Crippen LogP contribution in [-0.2, 0) is 22.7 Å². The maximum atomic E-state index is 12.5. The van der Waals surface area contributed by atoms with Crippen molar-refractivity contribution in [2.45, 2.75) is 13.2 Å². The van der Waals surface area contributed by atoms with Crippen LogP contribution in [0.1, 0.15) is 11.1 Å². The first-order valence-electron chi connectivity index (χ1n) is 11.9. The molecule has 3 aromatic rings. The Morgan fingerprint density at radius 2 is 1.26 bits per heavy atom. The molecule has 2 aliphatic rings. The quantitative estimate of drug-likeness (QED) is 0.539. The second kappa shape index (κ2) is 10.5. The molecule has 7 nitrogen and oxygen atoms in total. The minimum absolute atomic E-state index is 0.232. The molecule has 35 heavy (non-hydrogen) atoms. The summed E-state index contributed by atoms with van der Waals surface area (Å²) in [5.41, 5.74) is 3.74. The van der Waals surface area contributed by atoms with Gasteiger partial charge in [0.25, 0.3) is 0 Å². The molecule has 0 radical (unpaired) electrons. The van der Waals surface area contributed by atoms with E-state index in [9.17, 15) is 9.59 Å². The van der Waals surface area contributed by atoms with Gasteiger partial charge in [-0.25, -0.2) is 9.59 Å². The molecule has 0 aliphatic carbocycles. The zero-order valence-electron chi connectivity index (χ0n) is 19.5. The van der Waals surface area contributed by atoms with E-state index in [-0.39, 0.29) is 12.7 Å². The van der Waals surface area contributed by atoms with Gasteiger partial charge >= 0.3 is 12.2 Å². The lowest BCUT2D eigenvalue weighted by molar-refractivity contribution is 0.102. The fourth-order valence-corrected chi connectivity index (χ4v) is 4.80. The normalized spacial score (nSPS) is 18.7. The molecule has 2 aliphatic heterocycles. The lowest BCUT2D eigenvalue weighted by Gasteiger charge is -2.23. The number of rotatable bonds is 6. The van der Waals surface area contributed by atoms with Gasteiger partial charge in [-0.05, 0) is 35.4 Å². The topological polar surface area (TPSA) is 71.1 Å². The molecule has 2 heterocycles. The second-order valence-corrected chi connectivity index (χ2v) is 9.10. The van der Waals surface area contributed by atoms with Crippen LogP contribution in [0.2, 0.25) is 0 Å². The van der Waals surface area contributed by atoms with Crippen molar-refractivity contribution in [2.24, 2.45) is 11.8 Å². The number of hydrogen-bond donors (Lipinski definition) is 1. The number of carbonyl (C=O) groups excluding carboxylic acids is 2. The van der Waals surface area contributed by atoms with Crippen LogP contribution in [0.15, 0.2) is 84.9 Å². The lowest BCUT2D eigenvalue weighted by atomic mass is 10.0. The Hall–Kier alpha value is -4.00. The largest absolute Gasteiger partial charge is 0.445 e. The van der Waals surface area contributed by atoms with E-state index in [0.29, 0.717) is 24.1 Å². The molecule has 1 N–H and O–H groups in total. The van der Waals surface area contributed by atoms with E-state index in [1.165, 1.54) is 0 Å². The number of fused-ring (bicyclic) bond motifs is 1. The molecule has 0 aromatic heterocycles. The Morgan fingerprint density at radius 3 is 1.83 bits per heavy atom. The van der Waals surface area contributed by atoms with Crippen molar-refractivity contribution in [3.05, 3.63) is 96.1 Å². The number of ether oxygens (including phenoxy) is 2. The highest BCUT2D eigenvalue weighted by Gasteiger charge is 2.42. The van der Waals surface area contributed by atoms with Crippen LogP contribution in [-0.4, -0.2) is 43.3 Å². The van der Waals surface area contributed by atoms with E-state index in [1.807, 2.05) is 89.8 Å². The Labute approximate surface area is 205 Å². The molecule has 0 unspecified atom stereocenters. The molecule has 2 saturated heterocycles. The number of amides is 2. The Kier molecular flexibility index (Phi) is 6.84. The SMILES string of the molecule is O=C(Nc1ccc(N2C[C@H]3CN(C(=O)OCc4ccccc4)C[C@H]3C2)cc1)OCc1ccccc1. The summed E-state index contributed by atoms with van der Waals surface area (Å²) in [6.07, 6.45) is -0.707. The molecule has 180 valence electrons. The van der Waals surface area contributed by atoms with Gasteiger partial charge in [-0.3, -0.25) is 5.32 Å². The van der Waals surface area contributed by atoms with E-state index in [2.05, 4.69) is 10.2 Å². The number of likely N-dealkylation sites (tertiary alicyclic amines) is 1. The van der Waals surface area contributed by atoms with Gasteiger partial charge in [0, 0.05) is 49.4 Å². The van der Waals surface area contributed by atoms with Crippen molar-refractivity contribution in [3.8, 4) is 0 Å². The van der Waals surface area contributed by atoms with E-state index in [0.717, 1.165) is 43.0 Å². The fraction of sp³-hybridized carbons (Fsp3) is 0.286. The summed E-state index contributed by atoms with van der Waals surface area (Å²) in [7, 11) is 0. The summed E-state index contributed by atoms with van der Waals surface area (Å²) in [5.74, 6) is 0.870. The molecule has 2 atom stereocenters. The minimum atomic E-state index is -0.475. The number of hydrogen-bond acceptors (Lipinski definition) is 5. The summed E-state index contributed by atoms with van der Waals surface area (Å²) >= 11 is 0. The van der Waals surface area contributed by atoms with Gasteiger partial charge in [-0.15, -0.1) is 0 Å². The Balaban J connectivity index is 1.07. The highest BCUT2D eigenvalue weighted by molar-refractivity contribution is 5.84. The molecule has 2 fully saturated rings. The van der Waals surface area contributed by atoms with Gasteiger partial charge in [0.05, 0.1) is 0 Å². The van der Waals surface area contributed by atoms with E-state index < -0.39 is 6.09 Å². The molecule has 0 bridgehead atoms. The van der Waals surface area contributed by atoms with Gasteiger partial charge < -0.3 is 19.3 Å². The molecule has 5 rings (SSSR count). The summed E-state index contributed by atoms with van der Waals surface area (Å²) in [5, 5.41) is 2.77. The minimum Gasteiger partial charge on any atom is -0.445 e. The maximum absolute atomic E-state index is 12.5. The standard InChI is InChI=1S/C28H29N3O4/c32-27(34-19-21-7-3-1-4-8-21)29-25-11-13-26(14-12-25)30-15-23-17-31(18-24(23)16-30)28(33)35-20-22-9-5-2-6-10-22/h1-14,23-24H,15-20H2,(H,29,32)/t23-,24+. The highest BCUT2D eigenvalue weighted by Crippen LogP contribution is 2.34. The Bertz CT molecular complexity index is 1120. The van der Waals surface area contributed by atoms with Crippen molar-refractivity contribution >= 4 is 23.6 Å². The van der Waals surface area contributed by atoms with Crippen molar-refractivity contribution in [2.75, 3.05) is 36.4 Å². The summed E-state index contributed by atoms with van der Waals surface area (Å²) in [6.45, 7) is 3.79. The Morgan fingerprint density at radius 1 is 0.714 bits per heavy atom. The average Bonchev–Trinajstić information content (AvgIpc) is 3.48. The van der Waals surface area contributed by atoms with Gasteiger partial charge in [0.1, 0.15) is 13.2 Å². The number of benzene rings is 3. The first-order valence-corrected chi connectivity index (χ1v) is 11.9. The molecule has 2 amide bonds. The highest BCUT2D eigenvalue weighted by atomic mass is 16.6. The van der Waals surface area contributed by atoms with Crippen molar-refractivity contribution in [1.82, 2.24) is 4.90 Å². The van der Waals surface area contributed by atoms with Crippen LogP contribution in [0.25, 0.3) is 0 Å². The van der Waals surface area contributed by atoms with E-state index in [4.69, 9.17) is 9.47 Å². The predicted octanol–water partition coefficient (Wildman–Crippen LogP) is 5.14. The lowest BCUT2D eigenvalue weighted by Crippen LogP contribution is -2.33. The summed E-state index contributed by atoms with van der Waals surface area (Å²) in [6, 6.07) is 27.1. The third-order valence-electron chi connectivity index (χ3n) is 6.64. The number of anilines is 2. The third kappa shape index (κ3) is 5.74. The van der Waals surface area contributed by atoms with Crippen molar-refractivity contribution in [3.63, 3.8) is 0 Å². The van der Waals surface area contributed by atoms with Gasteiger partial charge in [-0.2, -0.15) is 0 Å². The van der Waals surface area contributed by atoms with Crippen LogP contribution in [0.5, 0.6) is 0 Å². The third-order valence-corrected chi connectivity index (χ3v) is 6.64. The first-order chi connectivity index (χ1) is 17.1. The van der Waals surface area contributed by atoms with Crippen LogP contribution in [0, 0.1) is 11.8 Å². The van der Waals surface area contributed by atoms with Gasteiger partial charge in [0.2, 0.25) is 0 Å². The van der Waals surface area contributed by atoms with Gasteiger partial charge in [-0.1, -0.05) is 60.7 Å². The maximum Gasteiger partial charge on any atom is 0.411 e. The monoisotopic (exact) mass is 471 g/mol. The first kappa shape index (κ1) is 22.8. The molecular weight excluding hydrogens is 442 g/mol. The van der Waals surface area contributed by atoms with E-state index in [1.54, 1.807) is 0 Å².